The Hall–Kier alpha value is -1.10. The predicted molar refractivity (Wildman–Crippen MR) is 94.1 cm³/mol. The minimum atomic E-state index is -0.405. The number of carbonyl (C=O) groups excluding carboxylic acids is 2. The lowest BCUT2D eigenvalue weighted by atomic mass is 10.0. The fourth-order valence-electron chi connectivity index (χ4n) is 2.98. The van der Waals surface area contributed by atoms with Gasteiger partial charge in [-0.2, -0.15) is 0 Å². The van der Waals surface area contributed by atoms with Crippen LogP contribution in [0.25, 0.3) is 0 Å². The first-order valence-electron chi connectivity index (χ1n) is 9.01. The van der Waals surface area contributed by atoms with E-state index in [9.17, 15) is 9.59 Å². The van der Waals surface area contributed by atoms with E-state index in [2.05, 4.69) is 24.1 Å². The van der Waals surface area contributed by atoms with Gasteiger partial charge in [-0.1, -0.05) is 41.5 Å². The fourth-order valence-corrected chi connectivity index (χ4v) is 2.98. The van der Waals surface area contributed by atoms with Gasteiger partial charge in [0.05, 0.1) is 0 Å². The summed E-state index contributed by atoms with van der Waals surface area (Å²) in [5.41, 5.74) is 0. The molecule has 0 spiro atoms. The number of carbonyl (C=O) groups is 2. The van der Waals surface area contributed by atoms with Crippen LogP contribution < -0.4 is 5.32 Å². The third-order valence-electron chi connectivity index (χ3n) is 4.15. The molecule has 1 saturated heterocycles. The lowest BCUT2D eigenvalue weighted by Crippen LogP contribution is -2.56. The normalized spacial score (nSPS) is 17.9. The van der Waals surface area contributed by atoms with Crippen molar-refractivity contribution >= 4 is 11.8 Å². The van der Waals surface area contributed by atoms with E-state index in [4.69, 9.17) is 0 Å². The van der Waals surface area contributed by atoms with E-state index >= 15 is 0 Å². The van der Waals surface area contributed by atoms with Gasteiger partial charge >= 0.3 is 0 Å². The summed E-state index contributed by atoms with van der Waals surface area (Å²) in [5, 5.41) is 2.94. The first kappa shape index (κ1) is 19.9. The smallest absolute Gasteiger partial charge is 0.245 e. The molecular weight excluding hydrogens is 290 g/mol. The largest absolute Gasteiger partial charge is 0.344 e. The summed E-state index contributed by atoms with van der Waals surface area (Å²) in [6, 6.07) is -0.405. The molecule has 23 heavy (non-hydrogen) atoms. The Balaban J connectivity index is 2.57. The average molecular weight is 325 g/mol. The molecule has 1 fully saturated rings. The number of rotatable bonds is 7. The Kier molecular flexibility index (Phi) is 8.03. The monoisotopic (exact) mass is 325 g/mol. The average Bonchev–Trinajstić information content (AvgIpc) is 2.43. The molecule has 1 unspecified atom stereocenters. The molecule has 1 N–H and O–H groups in total. The molecule has 0 aromatic heterocycles. The summed E-state index contributed by atoms with van der Waals surface area (Å²) in [6.45, 7) is 16.9. The summed E-state index contributed by atoms with van der Waals surface area (Å²) in [5.74, 6) is 1.10. The highest BCUT2D eigenvalue weighted by atomic mass is 16.2. The molecule has 0 radical (unpaired) electrons. The Morgan fingerprint density at radius 3 is 1.91 bits per heavy atom. The number of amides is 2. The number of piperazine rings is 1. The van der Waals surface area contributed by atoms with Crippen LogP contribution in [0.3, 0.4) is 0 Å². The summed E-state index contributed by atoms with van der Waals surface area (Å²) in [6.07, 6.45) is 0.471. The highest BCUT2D eigenvalue weighted by Gasteiger charge is 2.30. The van der Waals surface area contributed by atoms with Crippen LogP contribution in [-0.4, -0.2) is 60.4 Å². The second-order valence-electron chi connectivity index (χ2n) is 7.91. The second kappa shape index (κ2) is 9.26. The van der Waals surface area contributed by atoms with Gasteiger partial charge in [-0.3, -0.25) is 14.5 Å². The quantitative estimate of drug-likeness (QED) is 0.779. The number of hydrogen-bond acceptors (Lipinski definition) is 3. The zero-order valence-corrected chi connectivity index (χ0v) is 15.8. The second-order valence-corrected chi connectivity index (χ2v) is 7.91. The Morgan fingerprint density at radius 1 is 0.913 bits per heavy atom. The molecule has 1 rings (SSSR count). The molecule has 0 bridgehead atoms. The van der Waals surface area contributed by atoms with Crippen molar-refractivity contribution in [1.82, 2.24) is 15.1 Å². The van der Waals surface area contributed by atoms with Crippen LogP contribution in [0.1, 0.15) is 48.0 Å². The Morgan fingerprint density at radius 2 is 1.48 bits per heavy atom. The summed E-state index contributed by atoms with van der Waals surface area (Å²) < 4.78 is 0. The first-order valence-corrected chi connectivity index (χ1v) is 9.01. The van der Waals surface area contributed by atoms with Crippen molar-refractivity contribution in [1.29, 1.82) is 0 Å². The summed E-state index contributed by atoms with van der Waals surface area (Å²) >= 11 is 0. The van der Waals surface area contributed by atoms with Gasteiger partial charge in [0.25, 0.3) is 0 Å². The highest BCUT2D eigenvalue weighted by Crippen LogP contribution is 2.12. The van der Waals surface area contributed by atoms with Crippen molar-refractivity contribution in [2.75, 3.05) is 32.7 Å². The molecule has 2 amide bonds. The third kappa shape index (κ3) is 6.90. The molecule has 5 heteroatoms. The zero-order valence-electron chi connectivity index (χ0n) is 15.8. The van der Waals surface area contributed by atoms with E-state index in [-0.39, 0.29) is 17.7 Å². The molecule has 1 aliphatic heterocycles. The molecule has 0 saturated carbocycles. The van der Waals surface area contributed by atoms with Crippen molar-refractivity contribution in [2.24, 2.45) is 17.8 Å². The van der Waals surface area contributed by atoms with Gasteiger partial charge in [0.2, 0.25) is 11.8 Å². The lowest BCUT2D eigenvalue weighted by molar-refractivity contribution is -0.139. The molecule has 0 aromatic rings. The van der Waals surface area contributed by atoms with Crippen LogP contribution in [-0.2, 0) is 9.59 Å². The van der Waals surface area contributed by atoms with Crippen molar-refractivity contribution in [2.45, 2.75) is 54.0 Å². The number of hydrogen-bond donors (Lipinski definition) is 1. The highest BCUT2D eigenvalue weighted by molar-refractivity contribution is 5.88. The van der Waals surface area contributed by atoms with Crippen LogP contribution in [0.2, 0.25) is 0 Å². The maximum atomic E-state index is 12.8. The van der Waals surface area contributed by atoms with Gasteiger partial charge in [0.1, 0.15) is 6.04 Å². The lowest BCUT2D eigenvalue weighted by Gasteiger charge is -2.38. The van der Waals surface area contributed by atoms with E-state index in [0.717, 1.165) is 32.7 Å². The van der Waals surface area contributed by atoms with Crippen molar-refractivity contribution in [3.63, 3.8) is 0 Å². The first-order chi connectivity index (χ1) is 10.7. The third-order valence-corrected chi connectivity index (χ3v) is 4.15. The van der Waals surface area contributed by atoms with Gasteiger partial charge in [0, 0.05) is 39.1 Å². The maximum absolute atomic E-state index is 12.8. The van der Waals surface area contributed by atoms with Crippen molar-refractivity contribution < 1.29 is 9.59 Å². The molecule has 1 atom stereocenters. The van der Waals surface area contributed by atoms with E-state index in [1.54, 1.807) is 0 Å². The summed E-state index contributed by atoms with van der Waals surface area (Å²) in [7, 11) is 0. The Bertz CT molecular complexity index is 386. The van der Waals surface area contributed by atoms with E-state index in [0.29, 0.717) is 18.3 Å². The van der Waals surface area contributed by atoms with Gasteiger partial charge in [-0.05, 0) is 17.8 Å². The molecule has 1 heterocycles. The number of nitrogens with one attached hydrogen (secondary N) is 1. The molecular formula is C18H35N3O2. The fraction of sp³-hybridized carbons (Fsp3) is 0.889. The molecule has 0 aromatic carbocycles. The van der Waals surface area contributed by atoms with Gasteiger partial charge in [-0.15, -0.1) is 0 Å². The van der Waals surface area contributed by atoms with Crippen LogP contribution in [0.5, 0.6) is 0 Å². The van der Waals surface area contributed by atoms with E-state index in [1.165, 1.54) is 0 Å². The van der Waals surface area contributed by atoms with Crippen LogP contribution in [0.4, 0.5) is 0 Å². The minimum Gasteiger partial charge on any atom is -0.344 e. The van der Waals surface area contributed by atoms with E-state index < -0.39 is 6.04 Å². The molecule has 1 aliphatic rings. The topological polar surface area (TPSA) is 52.7 Å². The predicted octanol–water partition coefficient (Wildman–Crippen LogP) is 1.97. The van der Waals surface area contributed by atoms with Crippen LogP contribution in [0.15, 0.2) is 0 Å². The van der Waals surface area contributed by atoms with Crippen LogP contribution >= 0.6 is 0 Å². The minimum absolute atomic E-state index is 0.0227. The Labute approximate surface area is 141 Å². The van der Waals surface area contributed by atoms with Crippen LogP contribution in [0, 0.1) is 17.8 Å². The molecule has 0 aliphatic carbocycles. The van der Waals surface area contributed by atoms with Crippen molar-refractivity contribution in [3.8, 4) is 0 Å². The van der Waals surface area contributed by atoms with Crippen molar-refractivity contribution in [3.05, 3.63) is 0 Å². The number of nitrogens with zero attached hydrogens (tertiary/aromatic N) is 2. The zero-order chi connectivity index (χ0) is 17.6. The van der Waals surface area contributed by atoms with E-state index in [1.807, 2.05) is 32.6 Å². The molecule has 5 nitrogen and oxygen atoms in total. The van der Waals surface area contributed by atoms with Gasteiger partial charge in [0.15, 0.2) is 0 Å². The molecule has 134 valence electrons. The van der Waals surface area contributed by atoms with Gasteiger partial charge < -0.3 is 10.2 Å². The maximum Gasteiger partial charge on any atom is 0.245 e. The summed E-state index contributed by atoms with van der Waals surface area (Å²) in [4.78, 5) is 29.1. The standard InChI is InChI=1S/C18H35N3O2/c1-13(2)11-16(22)19-17(15(5)6)18(23)21-9-7-20(8-10-21)12-14(3)4/h13-15,17H,7-12H2,1-6H3,(H,19,22). The SMILES string of the molecule is CC(C)CC(=O)NC(C(=O)N1CCN(CC(C)C)CC1)C(C)C. The van der Waals surface area contributed by atoms with Gasteiger partial charge in [-0.25, -0.2) is 0 Å².